The van der Waals surface area contributed by atoms with Crippen LogP contribution in [0.3, 0.4) is 0 Å². The minimum Gasteiger partial charge on any atom is -0.316 e. The van der Waals surface area contributed by atoms with Crippen molar-refractivity contribution in [3.05, 3.63) is 68.2 Å². The maximum Gasteiger partial charge on any atom is 0.273 e. The minimum absolute atomic E-state index is 0. The molecule has 3 rings (SSSR count). The number of hydrogen-bond acceptors (Lipinski definition) is 4. The molecular weight excluding hydrogens is 344 g/mol. The summed E-state index contributed by atoms with van der Waals surface area (Å²) in [6, 6.07) is 10.9. The molecule has 2 aromatic rings. The summed E-state index contributed by atoms with van der Waals surface area (Å²) in [7, 11) is 0. The van der Waals surface area contributed by atoms with Crippen molar-refractivity contribution in [1.29, 1.82) is 0 Å². The van der Waals surface area contributed by atoms with E-state index in [1.165, 1.54) is 11.1 Å². The Morgan fingerprint density at radius 2 is 1.92 bits per heavy atom. The van der Waals surface area contributed by atoms with Gasteiger partial charge in [0.1, 0.15) is 0 Å². The van der Waals surface area contributed by atoms with E-state index in [9.17, 15) is 10.1 Å². The Kier molecular flexibility index (Phi) is 6.66. The molecule has 0 unspecified atom stereocenters. The van der Waals surface area contributed by atoms with E-state index >= 15 is 0 Å². The first-order valence-corrected chi connectivity index (χ1v) is 8.89. The van der Waals surface area contributed by atoms with Crippen LogP contribution in [0, 0.1) is 10.1 Å². The number of para-hydroxylation sites is 1. The maximum absolute atomic E-state index is 11.1. The topological polar surface area (TPSA) is 55.2 Å². The van der Waals surface area contributed by atoms with Crippen molar-refractivity contribution in [3.63, 3.8) is 0 Å². The van der Waals surface area contributed by atoms with Crippen molar-refractivity contribution in [2.24, 2.45) is 0 Å². The summed E-state index contributed by atoms with van der Waals surface area (Å²) < 4.78 is 0. The molecule has 0 spiro atoms. The number of halogens is 1. The first-order valence-electron chi connectivity index (χ1n) is 7.53. The zero-order valence-corrected chi connectivity index (χ0v) is 14.1. The molecule has 0 bridgehead atoms. The molecule has 2 aromatic carbocycles. The van der Waals surface area contributed by atoms with Gasteiger partial charge < -0.3 is 5.32 Å². The summed E-state index contributed by atoms with van der Waals surface area (Å²) >= 11 is 8.00. The van der Waals surface area contributed by atoms with Gasteiger partial charge in [0, 0.05) is 22.3 Å². The van der Waals surface area contributed by atoms with Gasteiger partial charge in [-0.2, -0.15) is 0 Å². The Balaban J connectivity index is 0.00000208. The van der Waals surface area contributed by atoms with Crippen LogP contribution in [0.4, 0.5) is 5.69 Å². The fourth-order valence-electron chi connectivity index (χ4n) is 2.83. The molecule has 0 atom stereocenters. The molecule has 1 aliphatic rings. The number of rotatable bonds is 4. The Hall–Kier alpha value is -1.56. The summed E-state index contributed by atoms with van der Waals surface area (Å²) in [6.07, 6.45) is 1.93. The normalized spacial score (nSPS) is 13.5. The third-order valence-corrected chi connectivity index (χ3v) is 5.63. The van der Waals surface area contributed by atoms with Crippen molar-refractivity contribution in [3.8, 4) is 0 Å². The molecule has 4 nitrogen and oxygen atoms in total. The molecule has 128 valence electrons. The highest BCUT2D eigenvalue weighted by Gasteiger charge is 2.17. The van der Waals surface area contributed by atoms with E-state index in [1.807, 2.05) is 18.2 Å². The monoisotopic (exact) mass is 364 g/mol. The molecule has 1 aliphatic heterocycles. The van der Waals surface area contributed by atoms with Crippen molar-refractivity contribution in [2.45, 2.75) is 30.9 Å². The van der Waals surface area contributed by atoms with Crippen LogP contribution < -0.4 is 5.32 Å². The van der Waals surface area contributed by atoms with Crippen LogP contribution in [0.1, 0.15) is 24.1 Å². The summed E-state index contributed by atoms with van der Waals surface area (Å²) in [5.74, 6) is 0.542. The van der Waals surface area contributed by atoms with Crippen LogP contribution in [-0.4, -0.2) is 18.0 Å². The van der Waals surface area contributed by atoms with E-state index in [0.29, 0.717) is 5.75 Å². The van der Waals surface area contributed by atoms with Crippen LogP contribution in [0.15, 0.2) is 41.3 Å². The SMILES string of the molecule is C.O=[N+]([O-])c1ccccc1CSc1c(Cl)ccc2c1CCNCC2. The smallest absolute Gasteiger partial charge is 0.273 e. The van der Waals surface area contributed by atoms with Crippen molar-refractivity contribution in [2.75, 3.05) is 13.1 Å². The molecule has 0 radical (unpaired) electrons. The first-order chi connectivity index (χ1) is 11.2. The van der Waals surface area contributed by atoms with Crippen LogP contribution in [0.2, 0.25) is 5.02 Å². The Morgan fingerprint density at radius 1 is 1.17 bits per heavy atom. The van der Waals surface area contributed by atoms with Crippen LogP contribution in [0.25, 0.3) is 0 Å². The molecular formula is C18H21ClN2O2S. The highest BCUT2D eigenvalue weighted by molar-refractivity contribution is 7.98. The van der Waals surface area contributed by atoms with E-state index in [-0.39, 0.29) is 18.0 Å². The van der Waals surface area contributed by atoms with Gasteiger partial charge in [-0.15, -0.1) is 11.8 Å². The van der Waals surface area contributed by atoms with Gasteiger partial charge in [0.15, 0.2) is 0 Å². The van der Waals surface area contributed by atoms with E-state index < -0.39 is 0 Å². The van der Waals surface area contributed by atoms with Crippen molar-refractivity contribution >= 4 is 29.1 Å². The average molecular weight is 365 g/mol. The minimum atomic E-state index is -0.326. The van der Waals surface area contributed by atoms with E-state index in [0.717, 1.165) is 41.4 Å². The fraction of sp³-hybridized carbons (Fsp3) is 0.333. The predicted octanol–water partition coefficient (Wildman–Crippen LogP) is 4.86. The molecule has 1 N–H and O–H groups in total. The summed E-state index contributed by atoms with van der Waals surface area (Å²) in [5.41, 5.74) is 3.50. The molecule has 0 fully saturated rings. The van der Waals surface area contributed by atoms with Crippen LogP contribution >= 0.6 is 23.4 Å². The van der Waals surface area contributed by atoms with Gasteiger partial charge in [0.2, 0.25) is 0 Å². The van der Waals surface area contributed by atoms with Gasteiger partial charge in [0.05, 0.1) is 9.95 Å². The second kappa shape index (κ2) is 8.51. The molecule has 0 amide bonds. The molecule has 0 aliphatic carbocycles. The van der Waals surface area contributed by atoms with Gasteiger partial charge in [0.25, 0.3) is 5.69 Å². The molecule has 1 heterocycles. The van der Waals surface area contributed by atoms with Crippen LogP contribution in [0.5, 0.6) is 0 Å². The molecule has 0 saturated carbocycles. The maximum atomic E-state index is 11.1. The zero-order chi connectivity index (χ0) is 16.2. The zero-order valence-electron chi connectivity index (χ0n) is 12.5. The number of nitrogens with one attached hydrogen (secondary N) is 1. The van der Waals surface area contributed by atoms with Crippen molar-refractivity contribution in [1.82, 2.24) is 5.32 Å². The van der Waals surface area contributed by atoms with Gasteiger partial charge in [-0.1, -0.05) is 43.3 Å². The molecule has 0 saturated heterocycles. The third-order valence-electron chi connectivity index (χ3n) is 3.99. The van der Waals surface area contributed by atoms with Gasteiger partial charge in [-0.25, -0.2) is 0 Å². The number of nitro groups is 1. The first kappa shape index (κ1) is 18.8. The van der Waals surface area contributed by atoms with Gasteiger partial charge in [-0.3, -0.25) is 10.1 Å². The summed E-state index contributed by atoms with van der Waals surface area (Å²) in [4.78, 5) is 11.9. The lowest BCUT2D eigenvalue weighted by Crippen LogP contribution is -2.16. The lowest BCUT2D eigenvalue weighted by atomic mass is 10.0. The quantitative estimate of drug-likeness (QED) is 0.478. The summed E-state index contributed by atoms with van der Waals surface area (Å²) in [5, 5.41) is 15.3. The Morgan fingerprint density at radius 3 is 2.71 bits per heavy atom. The van der Waals surface area contributed by atoms with E-state index in [2.05, 4.69) is 11.4 Å². The number of hydrogen-bond donors (Lipinski definition) is 1. The summed E-state index contributed by atoms with van der Waals surface area (Å²) in [6.45, 7) is 1.91. The lowest BCUT2D eigenvalue weighted by Gasteiger charge is -2.14. The molecule has 0 aromatic heterocycles. The number of benzene rings is 2. The highest BCUT2D eigenvalue weighted by Crippen LogP contribution is 2.37. The van der Waals surface area contributed by atoms with Crippen LogP contribution in [-0.2, 0) is 18.6 Å². The second-order valence-corrected chi connectivity index (χ2v) is 6.83. The lowest BCUT2D eigenvalue weighted by molar-refractivity contribution is -0.385. The number of nitro benzene ring substituents is 1. The van der Waals surface area contributed by atoms with Crippen molar-refractivity contribution < 1.29 is 4.92 Å². The number of fused-ring (bicyclic) bond motifs is 1. The Bertz CT molecular complexity index is 737. The Labute approximate surface area is 151 Å². The highest BCUT2D eigenvalue weighted by atomic mass is 35.5. The number of thioether (sulfide) groups is 1. The van der Waals surface area contributed by atoms with E-state index in [4.69, 9.17) is 11.6 Å². The predicted molar refractivity (Wildman–Crippen MR) is 101 cm³/mol. The molecule has 24 heavy (non-hydrogen) atoms. The van der Waals surface area contributed by atoms with E-state index in [1.54, 1.807) is 23.9 Å². The standard InChI is InChI=1S/C17H17ClN2O2S.CH4/c18-15-6-5-12-7-9-19-10-8-14(12)17(15)23-11-13-3-1-2-4-16(13)20(21)22;/h1-6,19H,7-11H2;1H4. The molecule has 6 heteroatoms. The second-order valence-electron chi connectivity index (χ2n) is 5.44. The van der Waals surface area contributed by atoms with Gasteiger partial charge >= 0.3 is 0 Å². The fourth-order valence-corrected chi connectivity index (χ4v) is 4.32. The number of nitrogens with zero attached hydrogens (tertiary/aromatic N) is 1. The van der Waals surface area contributed by atoms with Gasteiger partial charge in [-0.05, 0) is 43.1 Å². The third kappa shape index (κ3) is 4.09. The average Bonchev–Trinajstić information content (AvgIpc) is 2.79. The largest absolute Gasteiger partial charge is 0.316 e.